The maximum Gasteiger partial charge on any atom is 0.258 e. The number of para-hydroxylation sites is 1. The summed E-state index contributed by atoms with van der Waals surface area (Å²) in [5, 5.41) is 0. The summed E-state index contributed by atoms with van der Waals surface area (Å²) in [5.41, 5.74) is 1.04. The number of halogens is 1. The first-order chi connectivity index (χ1) is 9.13. The first-order valence-electron chi connectivity index (χ1n) is 5.80. The molecule has 0 aromatic heterocycles. The van der Waals surface area contributed by atoms with Crippen molar-refractivity contribution in [3.05, 3.63) is 59.9 Å². The molecule has 3 nitrogen and oxygen atoms in total. The van der Waals surface area contributed by atoms with Crippen LogP contribution in [0.15, 0.2) is 48.5 Å². The first kappa shape index (κ1) is 13.1. The van der Waals surface area contributed by atoms with E-state index >= 15 is 0 Å². The molecule has 1 amide bonds. The van der Waals surface area contributed by atoms with Gasteiger partial charge in [-0.3, -0.25) is 4.79 Å². The van der Waals surface area contributed by atoms with E-state index in [4.69, 9.17) is 4.74 Å². The molecule has 2 rings (SSSR count). The van der Waals surface area contributed by atoms with Gasteiger partial charge in [-0.25, -0.2) is 4.39 Å². The normalized spacial score (nSPS) is 10.1. The zero-order valence-electron chi connectivity index (χ0n) is 10.8. The predicted molar refractivity (Wildman–Crippen MR) is 72.1 cm³/mol. The number of nitrogens with zero attached hydrogens (tertiary/aromatic N) is 1. The molecule has 2 aromatic rings. The van der Waals surface area contributed by atoms with Crippen LogP contribution < -0.4 is 9.64 Å². The topological polar surface area (TPSA) is 29.5 Å². The van der Waals surface area contributed by atoms with Crippen LogP contribution >= 0.6 is 0 Å². The van der Waals surface area contributed by atoms with Gasteiger partial charge in [0.1, 0.15) is 0 Å². The molecule has 2 aromatic carbocycles. The van der Waals surface area contributed by atoms with E-state index in [1.165, 1.54) is 24.1 Å². The van der Waals surface area contributed by atoms with Crippen molar-refractivity contribution < 1.29 is 13.9 Å². The molecular formula is C15H14FNO2. The number of carbonyl (C=O) groups is 1. The number of rotatable bonds is 3. The van der Waals surface area contributed by atoms with Crippen molar-refractivity contribution in [2.24, 2.45) is 0 Å². The summed E-state index contributed by atoms with van der Waals surface area (Å²) in [6, 6.07) is 13.4. The van der Waals surface area contributed by atoms with Gasteiger partial charge in [-0.05, 0) is 30.3 Å². The molecular weight excluding hydrogens is 245 g/mol. The summed E-state index contributed by atoms with van der Waals surface area (Å²) >= 11 is 0. The van der Waals surface area contributed by atoms with Crippen LogP contribution in [0.1, 0.15) is 10.4 Å². The minimum atomic E-state index is -0.546. The van der Waals surface area contributed by atoms with Gasteiger partial charge in [0, 0.05) is 18.3 Å². The summed E-state index contributed by atoms with van der Waals surface area (Å²) in [7, 11) is 3.04. The minimum Gasteiger partial charge on any atom is -0.494 e. The monoisotopic (exact) mass is 259 g/mol. The Morgan fingerprint density at radius 3 is 2.42 bits per heavy atom. The predicted octanol–water partition coefficient (Wildman–Crippen LogP) is 3.11. The van der Waals surface area contributed by atoms with E-state index in [2.05, 4.69) is 0 Å². The van der Waals surface area contributed by atoms with Crippen LogP contribution in [0.25, 0.3) is 0 Å². The molecule has 0 heterocycles. The molecule has 0 atom stereocenters. The summed E-state index contributed by atoms with van der Waals surface area (Å²) in [5.74, 6) is -0.693. The minimum absolute atomic E-state index is 0.124. The lowest BCUT2D eigenvalue weighted by molar-refractivity contribution is 0.0992. The lowest BCUT2D eigenvalue weighted by Gasteiger charge is -2.17. The smallest absolute Gasteiger partial charge is 0.258 e. The van der Waals surface area contributed by atoms with Crippen LogP contribution in [0.2, 0.25) is 0 Å². The number of carbonyl (C=O) groups excluding carboxylic acids is 1. The molecule has 0 saturated carbocycles. The Morgan fingerprint density at radius 1 is 1.16 bits per heavy atom. The molecule has 0 aliphatic rings. The Bertz CT molecular complexity index is 584. The van der Waals surface area contributed by atoms with E-state index in [0.717, 1.165) is 5.69 Å². The second kappa shape index (κ2) is 5.52. The van der Waals surface area contributed by atoms with E-state index in [0.29, 0.717) is 0 Å². The SMILES string of the molecule is COc1ccc(C(=O)N(C)c2ccccc2)cc1F. The average Bonchev–Trinajstić information content (AvgIpc) is 2.46. The Balaban J connectivity index is 2.27. The number of hydrogen-bond acceptors (Lipinski definition) is 2. The molecule has 0 aliphatic carbocycles. The Kier molecular flexibility index (Phi) is 3.80. The van der Waals surface area contributed by atoms with Gasteiger partial charge in [-0.15, -0.1) is 0 Å². The molecule has 0 N–H and O–H groups in total. The van der Waals surface area contributed by atoms with E-state index in [1.807, 2.05) is 30.3 Å². The highest BCUT2D eigenvalue weighted by atomic mass is 19.1. The number of amides is 1. The van der Waals surface area contributed by atoms with Crippen molar-refractivity contribution >= 4 is 11.6 Å². The van der Waals surface area contributed by atoms with Crippen molar-refractivity contribution in [2.75, 3.05) is 19.1 Å². The average molecular weight is 259 g/mol. The third-order valence-corrected chi connectivity index (χ3v) is 2.85. The Morgan fingerprint density at radius 2 is 1.84 bits per heavy atom. The zero-order valence-corrected chi connectivity index (χ0v) is 10.8. The number of ether oxygens (including phenoxy) is 1. The van der Waals surface area contributed by atoms with Gasteiger partial charge in [0.25, 0.3) is 5.91 Å². The van der Waals surface area contributed by atoms with E-state index in [-0.39, 0.29) is 17.2 Å². The van der Waals surface area contributed by atoms with Crippen LogP contribution in [-0.2, 0) is 0 Å². The second-order valence-corrected chi connectivity index (χ2v) is 4.05. The molecule has 0 fully saturated rings. The fourth-order valence-electron chi connectivity index (χ4n) is 1.76. The molecule has 0 unspecified atom stereocenters. The van der Waals surface area contributed by atoms with E-state index in [9.17, 15) is 9.18 Å². The summed E-state index contributed by atoms with van der Waals surface area (Å²) in [6.07, 6.45) is 0. The van der Waals surface area contributed by atoms with E-state index in [1.54, 1.807) is 13.1 Å². The number of methoxy groups -OCH3 is 1. The van der Waals surface area contributed by atoms with Gasteiger partial charge in [-0.1, -0.05) is 18.2 Å². The van der Waals surface area contributed by atoms with Crippen LogP contribution in [0.3, 0.4) is 0 Å². The molecule has 0 bridgehead atoms. The van der Waals surface area contributed by atoms with Crippen molar-refractivity contribution in [1.29, 1.82) is 0 Å². The van der Waals surface area contributed by atoms with Crippen LogP contribution in [0.5, 0.6) is 5.75 Å². The standard InChI is InChI=1S/C15H14FNO2/c1-17(12-6-4-3-5-7-12)15(18)11-8-9-14(19-2)13(16)10-11/h3-10H,1-2H3. The largest absolute Gasteiger partial charge is 0.494 e. The lowest BCUT2D eigenvalue weighted by Crippen LogP contribution is -2.26. The van der Waals surface area contributed by atoms with Gasteiger partial charge in [0.15, 0.2) is 11.6 Å². The fourth-order valence-corrected chi connectivity index (χ4v) is 1.76. The van der Waals surface area contributed by atoms with Gasteiger partial charge in [0.2, 0.25) is 0 Å². The highest BCUT2D eigenvalue weighted by Gasteiger charge is 2.15. The second-order valence-electron chi connectivity index (χ2n) is 4.05. The maximum atomic E-state index is 13.6. The molecule has 0 radical (unpaired) electrons. The molecule has 98 valence electrons. The van der Waals surface area contributed by atoms with Gasteiger partial charge in [-0.2, -0.15) is 0 Å². The molecule has 0 spiro atoms. The third-order valence-electron chi connectivity index (χ3n) is 2.85. The van der Waals surface area contributed by atoms with Crippen molar-refractivity contribution in [3.8, 4) is 5.75 Å². The van der Waals surface area contributed by atoms with Gasteiger partial charge >= 0.3 is 0 Å². The van der Waals surface area contributed by atoms with Crippen LogP contribution in [0, 0.1) is 5.82 Å². The summed E-state index contributed by atoms with van der Waals surface area (Å²) < 4.78 is 18.4. The van der Waals surface area contributed by atoms with Crippen LogP contribution in [-0.4, -0.2) is 20.1 Å². The third kappa shape index (κ3) is 2.73. The molecule has 19 heavy (non-hydrogen) atoms. The lowest BCUT2D eigenvalue weighted by atomic mass is 10.1. The fraction of sp³-hybridized carbons (Fsp3) is 0.133. The zero-order chi connectivity index (χ0) is 13.8. The quantitative estimate of drug-likeness (QED) is 0.847. The van der Waals surface area contributed by atoms with Crippen molar-refractivity contribution in [3.63, 3.8) is 0 Å². The first-order valence-corrected chi connectivity index (χ1v) is 5.80. The van der Waals surface area contributed by atoms with Gasteiger partial charge < -0.3 is 9.64 Å². The molecule has 0 aliphatic heterocycles. The Labute approximate surface area is 111 Å². The Hall–Kier alpha value is -2.36. The number of benzene rings is 2. The summed E-state index contributed by atoms with van der Waals surface area (Å²) in [4.78, 5) is 13.7. The highest BCUT2D eigenvalue weighted by molar-refractivity contribution is 6.05. The number of hydrogen-bond donors (Lipinski definition) is 0. The maximum absolute atomic E-state index is 13.6. The van der Waals surface area contributed by atoms with Crippen molar-refractivity contribution in [1.82, 2.24) is 0 Å². The number of anilines is 1. The van der Waals surface area contributed by atoms with E-state index < -0.39 is 5.82 Å². The van der Waals surface area contributed by atoms with Gasteiger partial charge in [0.05, 0.1) is 7.11 Å². The van der Waals surface area contributed by atoms with Crippen LogP contribution in [0.4, 0.5) is 10.1 Å². The highest BCUT2D eigenvalue weighted by Crippen LogP contribution is 2.20. The summed E-state index contributed by atoms with van der Waals surface area (Å²) in [6.45, 7) is 0. The van der Waals surface area contributed by atoms with Crippen molar-refractivity contribution in [2.45, 2.75) is 0 Å². The molecule has 0 saturated heterocycles. The molecule has 4 heteroatoms.